The lowest BCUT2D eigenvalue weighted by Crippen LogP contribution is -2.22. The van der Waals surface area contributed by atoms with Gasteiger partial charge in [0.1, 0.15) is 5.82 Å². The summed E-state index contributed by atoms with van der Waals surface area (Å²) in [6.07, 6.45) is 1.06. The van der Waals surface area contributed by atoms with Gasteiger partial charge >= 0.3 is 0 Å². The fraction of sp³-hybridized carbons (Fsp3) is 0.476. The van der Waals surface area contributed by atoms with Crippen molar-refractivity contribution in [2.24, 2.45) is 5.92 Å². The molecule has 0 saturated heterocycles. The molecule has 27 heavy (non-hydrogen) atoms. The number of carbonyl (C=O) groups is 1. The minimum Gasteiger partial charge on any atom is -0.372 e. The quantitative estimate of drug-likeness (QED) is 0.688. The smallest absolute Gasteiger partial charge is 0.276 e. The molecule has 146 valence electrons. The molecular formula is C21H31N5O. The molecule has 0 aliphatic heterocycles. The number of anilines is 3. The van der Waals surface area contributed by atoms with E-state index in [0.717, 1.165) is 43.0 Å². The molecule has 0 atom stereocenters. The maximum Gasteiger partial charge on any atom is 0.276 e. The molecule has 0 radical (unpaired) electrons. The van der Waals surface area contributed by atoms with Crippen molar-refractivity contribution in [1.29, 1.82) is 0 Å². The summed E-state index contributed by atoms with van der Waals surface area (Å²) < 4.78 is 0. The van der Waals surface area contributed by atoms with Gasteiger partial charge in [-0.3, -0.25) is 4.79 Å². The maximum atomic E-state index is 12.5. The molecule has 1 amide bonds. The second kappa shape index (κ2) is 9.90. The third kappa shape index (κ3) is 5.94. The number of hydrogen-bond acceptors (Lipinski definition) is 5. The molecule has 1 heterocycles. The monoisotopic (exact) mass is 369 g/mol. The highest BCUT2D eigenvalue weighted by molar-refractivity contribution is 6.03. The molecular weight excluding hydrogens is 338 g/mol. The van der Waals surface area contributed by atoms with Crippen molar-refractivity contribution >= 4 is 23.1 Å². The highest BCUT2D eigenvalue weighted by atomic mass is 16.1. The molecule has 0 fully saturated rings. The molecule has 0 saturated carbocycles. The Hall–Kier alpha value is -2.63. The van der Waals surface area contributed by atoms with Gasteiger partial charge in [-0.2, -0.15) is 0 Å². The van der Waals surface area contributed by atoms with E-state index in [4.69, 9.17) is 0 Å². The fourth-order valence-corrected chi connectivity index (χ4v) is 2.80. The number of carbonyl (C=O) groups excluding carboxylic acids is 1. The first-order valence-corrected chi connectivity index (χ1v) is 9.69. The Bertz CT molecular complexity index is 739. The van der Waals surface area contributed by atoms with Crippen LogP contribution in [0.4, 0.5) is 17.2 Å². The van der Waals surface area contributed by atoms with Crippen molar-refractivity contribution in [3.63, 3.8) is 0 Å². The number of amides is 1. The minimum atomic E-state index is -0.255. The average molecular weight is 370 g/mol. The summed E-state index contributed by atoms with van der Waals surface area (Å²) in [6, 6.07) is 9.55. The molecule has 1 aromatic carbocycles. The summed E-state index contributed by atoms with van der Waals surface area (Å²) >= 11 is 0. The maximum absolute atomic E-state index is 12.5. The summed E-state index contributed by atoms with van der Waals surface area (Å²) in [6.45, 7) is 13.4. The highest BCUT2D eigenvalue weighted by Crippen LogP contribution is 2.23. The SMILES string of the molecule is CCN(CC)c1ccc(NC(=O)c2ccc(NCCC(C)C)nn2)c(C)c1. The van der Waals surface area contributed by atoms with Crippen molar-refractivity contribution in [3.05, 3.63) is 41.6 Å². The number of hydrogen-bond donors (Lipinski definition) is 2. The Morgan fingerprint density at radius 3 is 2.41 bits per heavy atom. The second-order valence-electron chi connectivity index (χ2n) is 7.04. The largest absolute Gasteiger partial charge is 0.372 e. The summed E-state index contributed by atoms with van der Waals surface area (Å²) in [4.78, 5) is 14.7. The van der Waals surface area contributed by atoms with Crippen molar-refractivity contribution in [2.45, 2.75) is 41.0 Å². The van der Waals surface area contributed by atoms with Gasteiger partial charge in [0.25, 0.3) is 5.91 Å². The van der Waals surface area contributed by atoms with E-state index in [1.807, 2.05) is 19.1 Å². The average Bonchev–Trinajstić information content (AvgIpc) is 2.65. The van der Waals surface area contributed by atoms with Crippen molar-refractivity contribution in [3.8, 4) is 0 Å². The number of aryl methyl sites for hydroxylation is 1. The van der Waals surface area contributed by atoms with Crippen LogP contribution in [-0.2, 0) is 0 Å². The van der Waals surface area contributed by atoms with Crippen LogP contribution in [0, 0.1) is 12.8 Å². The van der Waals surface area contributed by atoms with Gasteiger partial charge in [0.05, 0.1) is 0 Å². The van der Waals surface area contributed by atoms with E-state index in [2.05, 4.69) is 59.5 Å². The van der Waals surface area contributed by atoms with Crippen LogP contribution in [0.3, 0.4) is 0 Å². The van der Waals surface area contributed by atoms with E-state index >= 15 is 0 Å². The number of rotatable bonds is 9. The molecule has 0 aliphatic rings. The van der Waals surface area contributed by atoms with Crippen molar-refractivity contribution in [1.82, 2.24) is 10.2 Å². The van der Waals surface area contributed by atoms with Crippen LogP contribution in [0.1, 0.15) is 50.2 Å². The lowest BCUT2D eigenvalue weighted by Gasteiger charge is -2.22. The highest BCUT2D eigenvalue weighted by Gasteiger charge is 2.11. The van der Waals surface area contributed by atoms with Crippen molar-refractivity contribution in [2.75, 3.05) is 35.2 Å². The topological polar surface area (TPSA) is 70.2 Å². The number of aromatic nitrogens is 2. The summed E-state index contributed by atoms with van der Waals surface area (Å²) in [5.41, 5.74) is 3.27. The molecule has 2 rings (SSSR count). The van der Waals surface area contributed by atoms with Crippen LogP contribution < -0.4 is 15.5 Å². The van der Waals surface area contributed by atoms with Crippen LogP contribution in [-0.4, -0.2) is 35.7 Å². The first-order chi connectivity index (χ1) is 12.9. The van der Waals surface area contributed by atoms with E-state index in [1.165, 1.54) is 0 Å². The van der Waals surface area contributed by atoms with E-state index in [9.17, 15) is 4.79 Å². The summed E-state index contributed by atoms with van der Waals surface area (Å²) in [7, 11) is 0. The lowest BCUT2D eigenvalue weighted by molar-refractivity contribution is 0.102. The second-order valence-corrected chi connectivity index (χ2v) is 7.04. The summed E-state index contributed by atoms with van der Waals surface area (Å²) in [5.74, 6) is 1.06. The Morgan fingerprint density at radius 1 is 1.11 bits per heavy atom. The van der Waals surface area contributed by atoms with Crippen LogP contribution in [0.5, 0.6) is 0 Å². The van der Waals surface area contributed by atoms with E-state index in [0.29, 0.717) is 17.4 Å². The molecule has 2 N–H and O–H groups in total. The molecule has 2 aromatic rings. The van der Waals surface area contributed by atoms with Crippen LogP contribution in [0.2, 0.25) is 0 Å². The Kier molecular flexibility index (Phi) is 7.58. The molecule has 0 aliphatic carbocycles. The third-order valence-corrected chi connectivity index (χ3v) is 4.51. The van der Waals surface area contributed by atoms with Crippen LogP contribution in [0.25, 0.3) is 0 Å². The van der Waals surface area contributed by atoms with Gasteiger partial charge in [-0.1, -0.05) is 13.8 Å². The third-order valence-electron chi connectivity index (χ3n) is 4.51. The number of nitrogens with one attached hydrogen (secondary N) is 2. The van der Waals surface area contributed by atoms with Crippen LogP contribution >= 0.6 is 0 Å². The number of nitrogens with zero attached hydrogens (tertiary/aromatic N) is 3. The first kappa shape index (κ1) is 20.7. The Labute approximate surface area is 162 Å². The van der Waals surface area contributed by atoms with E-state index in [-0.39, 0.29) is 5.91 Å². The molecule has 0 bridgehead atoms. The predicted octanol–water partition coefficient (Wildman–Crippen LogP) is 4.34. The lowest BCUT2D eigenvalue weighted by atomic mass is 10.1. The predicted molar refractivity (Wildman–Crippen MR) is 113 cm³/mol. The molecule has 0 unspecified atom stereocenters. The standard InChI is InChI=1S/C21H31N5O/c1-6-26(7-2)17-8-9-18(16(5)14-17)23-21(27)19-10-11-20(25-24-19)22-13-12-15(3)4/h8-11,14-15H,6-7,12-13H2,1-5H3,(H,22,25)(H,23,27). The van der Waals surface area contributed by atoms with Crippen molar-refractivity contribution < 1.29 is 4.79 Å². The molecule has 6 nitrogen and oxygen atoms in total. The van der Waals surface area contributed by atoms with Gasteiger partial charge in [-0.25, -0.2) is 0 Å². The zero-order valence-corrected chi connectivity index (χ0v) is 17.0. The molecule has 1 aromatic heterocycles. The molecule has 0 spiro atoms. The van der Waals surface area contributed by atoms with Gasteiger partial charge in [0, 0.05) is 31.0 Å². The minimum absolute atomic E-state index is 0.255. The zero-order chi connectivity index (χ0) is 19.8. The zero-order valence-electron chi connectivity index (χ0n) is 17.0. The van der Waals surface area contributed by atoms with Gasteiger partial charge in [-0.15, -0.1) is 10.2 Å². The van der Waals surface area contributed by atoms with E-state index in [1.54, 1.807) is 12.1 Å². The van der Waals surface area contributed by atoms with Gasteiger partial charge < -0.3 is 15.5 Å². The van der Waals surface area contributed by atoms with Gasteiger partial charge in [0.15, 0.2) is 5.69 Å². The van der Waals surface area contributed by atoms with Crippen LogP contribution in [0.15, 0.2) is 30.3 Å². The summed E-state index contributed by atoms with van der Waals surface area (Å²) in [5, 5.41) is 14.3. The van der Waals surface area contributed by atoms with E-state index < -0.39 is 0 Å². The fourth-order valence-electron chi connectivity index (χ4n) is 2.80. The van der Waals surface area contributed by atoms with Gasteiger partial charge in [-0.05, 0) is 69.0 Å². The number of benzene rings is 1. The van der Waals surface area contributed by atoms with Gasteiger partial charge in [0.2, 0.25) is 0 Å². The Morgan fingerprint density at radius 2 is 1.85 bits per heavy atom. The normalized spacial score (nSPS) is 10.7. The Balaban J connectivity index is 2.00. The molecule has 6 heteroatoms. The first-order valence-electron chi connectivity index (χ1n) is 9.69.